The van der Waals surface area contributed by atoms with Crippen LogP contribution in [0.2, 0.25) is 0 Å². The summed E-state index contributed by atoms with van der Waals surface area (Å²) in [6.45, 7) is 1.89. The van der Waals surface area contributed by atoms with E-state index in [4.69, 9.17) is 0 Å². The molecule has 0 fully saturated rings. The van der Waals surface area contributed by atoms with Gasteiger partial charge in [-0.3, -0.25) is 4.98 Å². The minimum atomic E-state index is 0.906. The van der Waals surface area contributed by atoms with E-state index >= 15 is 0 Å². The van der Waals surface area contributed by atoms with Crippen molar-refractivity contribution in [2.75, 3.05) is 13.1 Å². The minimum Gasteiger partial charge on any atom is -0.321 e. The van der Waals surface area contributed by atoms with Crippen molar-refractivity contribution in [3.63, 3.8) is 0 Å². The molecule has 0 aliphatic rings. The van der Waals surface area contributed by atoms with E-state index in [-0.39, 0.29) is 0 Å². The fourth-order valence-electron chi connectivity index (χ4n) is 1.64. The molecule has 0 aromatic carbocycles. The molecule has 2 aromatic heterocycles. The van der Waals surface area contributed by atoms with Gasteiger partial charge in [0.1, 0.15) is 12.2 Å². The van der Waals surface area contributed by atoms with E-state index in [9.17, 15) is 0 Å². The predicted molar refractivity (Wildman–Crippen MR) is 65.5 cm³/mol. The molecule has 17 heavy (non-hydrogen) atoms. The van der Waals surface area contributed by atoms with Gasteiger partial charge in [-0.25, -0.2) is 0 Å². The number of nitrogens with zero attached hydrogens (tertiary/aromatic N) is 4. The Morgan fingerprint density at radius 2 is 2.18 bits per heavy atom. The van der Waals surface area contributed by atoms with E-state index in [0.717, 1.165) is 31.8 Å². The topological polar surface area (TPSA) is 55.6 Å². The van der Waals surface area contributed by atoms with Gasteiger partial charge in [-0.2, -0.15) is 0 Å². The summed E-state index contributed by atoms with van der Waals surface area (Å²) in [5, 5.41) is 11.3. The van der Waals surface area contributed by atoms with Gasteiger partial charge in [0.05, 0.1) is 0 Å². The third kappa shape index (κ3) is 3.64. The Hall–Kier alpha value is -1.75. The van der Waals surface area contributed by atoms with Gasteiger partial charge in [0.2, 0.25) is 0 Å². The van der Waals surface area contributed by atoms with Gasteiger partial charge in [0.15, 0.2) is 0 Å². The van der Waals surface area contributed by atoms with Gasteiger partial charge in [-0.05, 0) is 24.6 Å². The molecule has 5 nitrogen and oxygen atoms in total. The lowest BCUT2D eigenvalue weighted by atomic mass is 10.2. The minimum absolute atomic E-state index is 0.906. The first-order valence-electron chi connectivity index (χ1n) is 5.79. The van der Waals surface area contributed by atoms with E-state index in [2.05, 4.69) is 26.6 Å². The van der Waals surface area contributed by atoms with Crippen LogP contribution in [0.15, 0.2) is 30.9 Å². The van der Waals surface area contributed by atoms with Crippen molar-refractivity contribution in [2.45, 2.75) is 12.8 Å². The standard InChI is InChI=1S/C12H17N5/c1-17-10-15-16-12(17)5-8-13-7-4-11-3-2-6-14-9-11/h2-3,6,9-10,13H,4-5,7-8H2,1H3. The first kappa shape index (κ1) is 11.7. The highest BCUT2D eigenvalue weighted by molar-refractivity contribution is 5.08. The Balaban J connectivity index is 1.63. The third-order valence-corrected chi connectivity index (χ3v) is 2.64. The largest absolute Gasteiger partial charge is 0.321 e. The molecule has 2 heterocycles. The lowest BCUT2D eigenvalue weighted by Crippen LogP contribution is -2.21. The van der Waals surface area contributed by atoms with E-state index in [1.165, 1.54) is 5.56 Å². The Kier molecular flexibility index (Phi) is 4.21. The van der Waals surface area contributed by atoms with Crippen molar-refractivity contribution in [1.82, 2.24) is 25.1 Å². The summed E-state index contributed by atoms with van der Waals surface area (Å²) < 4.78 is 1.95. The number of nitrogens with one attached hydrogen (secondary N) is 1. The maximum atomic E-state index is 4.09. The third-order valence-electron chi connectivity index (χ3n) is 2.64. The molecule has 0 atom stereocenters. The summed E-state index contributed by atoms with van der Waals surface area (Å²) in [7, 11) is 1.96. The maximum absolute atomic E-state index is 4.09. The Bertz CT molecular complexity index is 437. The lowest BCUT2D eigenvalue weighted by molar-refractivity contribution is 0.651. The van der Waals surface area contributed by atoms with Crippen LogP contribution in [0, 0.1) is 0 Å². The summed E-state index contributed by atoms with van der Waals surface area (Å²) in [6, 6.07) is 4.06. The molecule has 0 aliphatic carbocycles. The first-order valence-corrected chi connectivity index (χ1v) is 5.79. The van der Waals surface area contributed by atoms with Crippen LogP contribution in [-0.2, 0) is 19.9 Å². The van der Waals surface area contributed by atoms with Crippen molar-refractivity contribution < 1.29 is 0 Å². The smallest absolute Gasteiger partial charge is 0.133 e. The van der Waals surface area contributed by atoms with Crippen LogP contribution in [0.4, 0.5) is 0 Å². The van der Waals surface area contributed by atoms with Crippen molar-refractivity contribution in [3.8, 4) is 0 Å². The highest BCUT2D eigenvalue weighted by Crippen LogP contribution is 1.96. The second kappa shape index (κ2) is 6.10. The van der Waals surface area contributed by atoms with Crippen LogP contribution in [0.1, 0.15) is 11.4 Å². The van der Waals surface area contributed by atoms with Crippen LogP contribution in [0.25, 0.3) is 0 Å². The molecule has 0 saturated heterocycles. The van der Waals surface area contributed by atoms with Gasteiger partial charge < -0.3 is 9.88 Å². The van der Waals surface area contributed by atoms with Gasteiger partial charge in [-0.15, -0.1) is 10.2 Å². The van der Waals surface area contributed by atoms with Crippen LogP contribution < -0.4 is 5.32 Å². The molecule has 0 aliphatic heterocycles. The SMILES string of the molecule is Cn1cnnc1CCNCCc1cccnc1. The molecule has 0 radical (unpaired) electrons. The number of hydrogen-bond acceptors (Lipinski definition) is 4. The van der Waals surface area contributed by atoms with E-state index < -0.39 is 0 Å². The Morgan fingerprint density at radius 1 is 1.29 bits per heavy atom. The highest BCUT2D eigenvalue weighted by Gasteiger charge is 1.99. The van der Waals surface area contributed by atoms with Crippen molar-refractivity contribution in [3.05, 3.63) is 42.2 Å². The molecular weight excluding hydrogens is 214 g/mol. The monoisotopic (exact) mass is 231 g/mol. The molecule has 5 heteroatoms. The molecular formula is C12H17N5. The lowest BCUT2D eigenvalue weighted by Gasteiger charge is -2.04. The highest BCUT2D eigenvalue weighted by atomic mass is 15.2. The Labute approximate surface area is 101 Å². The van der Waals surface area contributed by atoms with Gasteiger partial charge in [0.25, 0.3) is 0 Å². The van der Waals surface area contributed by atoms with Crippen molar-refractivity contribution in [2.24, 2.45) is 7.05 Å². The molecule has 0 unspecified atom stereocenters. The molecule has 0 saturated carbocycles. The first-order chi connectivity index (χ1) is 8.36. The summed E-state index contributed by atoms with van der Waals surface area (Å²) in [5.74, 6) is 1.01. The van der Waals surface area contributed by atoms with Crippen LogP contribution in [-0.4, -0.2) is 32.8 Å². The van der Waals surface area contributed by atoms with Crippen LogP contribution in [0.5, 0.6) is 0 Å². The fourth-order valence-corrected chi connectivity index (χ4v) is 1.64. The summed E-state index contributed by atoms with van der Waals surface area (Å²) in [6.07, 6.45) is 7.34. The maximum Gasteiger partial charge on any atom is 0.133 e. The molecule has 2 rings (SSSR count). The summed E-state index contributed by atoms with van der Waals surface area (Å²) >= 11 is 0. The quantitative estimate of drug-likeness (QED) is 0.739. The summed E-state index contributed by atoms with van der Waals surface area (Å²) in [5.41, 5.74) is 1.26. The number of rotatable bonds is 6. The average molecular weight is 231 g/mol. The van der Waals surface area contributed by atoms with Gasteiger partial charge in [0, 0.05) is 32.4 Å². The van der Waals surface area contributed by atoms with E-state index in [1.807, 2.05) is 23.9 Å². The van der Waals surface area contributed by atoms with Crippen LogP contribution in [0.3, 0.4) is 0 Å². The molecule has 0 bridgehead atoms. The summed E-state index contributed by atoms with van der Waals surface area (Å²) in [4.78, 5) is 4.09. The zero-order valence-corrected chi connectivity index (χ0v) is 10.0. The van der Waals surface area contributed by atoms with E-state index in [1.54, 1.807) is 12.5 Å². The fraction of sp³-hybridized carbons (Fsp3) is 0.417. The number of aromatic nitrogens is 4. The predicted octanol–water partition coefficient (Wildman–Crippen LogP) is 0.585. The number of hydrogen-bond donors (Lipinski definition) is 1. The zero-order chi connectivity index (χ0) is 11.9. The number of pyridine rings is 1. The second-order valence-electron chi connectivity index (χ2n) is 3.97. The average Bonchev–Trinajstić information content (AvgIpc) is 2.76. The van der Waals surface area contributed by atoms with Gasteiger partial charge >= 0.3 is 0 Å². The number of aryl methyl sites for hydroxylation is 1. The van der Waals surface area contributed by atoms with Crippen LogP contribution >= 0.6 is 0 Å². The molecule has 2 aromatic rings. The molecule has 90 valence electrons. The normalized spacial score (nSPS) is 10.6. The van der Waals surface area contributed by atoms with Crippen molar-refractivity contribution >= 4 is 0 Å². The van der Waals surface area contributed by atoms with Gasteiger partial charge in [-0.1, -0.05) is 6.07 Å². The molecule has 0 amide bonds. The molecule has 1 N–H and O–H groups in total. The Morgan fingerprint density at radius 3 is 2.88 bits per heavy atom. The molecule has 0 spiro atoms. The van der Waals surface area contributed by atoms with E-state index in [0.29, 0.717) is 0 Å². The second-order valence-corrected chi connectivity index (χ2v) is 3.97. The zero-order valence-electron chi connectivity index (χ0n) is 10.0. The van der Waals surface area contributed by atoms with Crippen molar-refractivity contribution in [1.29, 1.82) is 0 Å².